The normalized spacial score (nSPS) is 15.6. The van der Waals surface area contributed by atoms with Crippen LogP contribution in [0.15, 0.2) is 17.5 Å². The first-order valence-electron chi connectivity index (χ1n) is 4.62. The van der Waals surface area contributed by atoms with Crippen molar-refractivity contribution >= 4 is 11.3 Å². The van der Waals surface area contributed by atoms with Gasteiger partial charge in [-0.3, -0.25) is 0 Å². The summed E-state index contributed by atoms with van der Waals surface area (Å²) in [6, 6.07) is 4.65. The van der Waals surface area contributed by atoms with Crippen LogP contribution < -0.4 is 5.32 Å². The Morgan fingerprint density at radius 1 is 1.54 bits per heavy atom. The summed E-state index contributed by atoms with van der Waals surface area (Å²) in [7, 11) is 0. The Morgan fingerprint density at radius 3 is 2.85 bits per heavy atom. The van der Waals surface area contributed by atoms with Crippen molar-refractivity contribution in [1.29, 1.82) is 0 Å². The van der Waals surface area contributed by atoms with Crippen molar-refractivity contribution < 1.29 is 5.11 Å². The van der Waals surface area contributed by atoms with Crippen molar-refractivity contribution in [1.82, 2.24) is 5.32 Å². The summed E-state index contributed by atoms with van der Waals surface area (Å²) >= 11 is 1.78. The third-order valence-electron chi connectivity index (χ3n) is 1.85. The average molecular weight is 199 g/mol. The van der Waals surface area contributed by atoms with Crippen molar-refractivity contribution in [2.24, 2.45) is 0 Å². The van der Waals surface area contributed by atoms with Crippen LogP contribution in [0.3, 0.4) is 0 Å². The molecule has 2 atom stereocenters. The molecule has 0 saturated heterocycles. The van der Waals surface area contributed by atoms with E-state index in [-0.39, 0.29) is 6.10 Å². The van der Waals surface area contributed by atoms with Crippen LogP contribution in [0.2, 0.25) is 0 Å². The number of hydrogen-bond acceptors (Lipinski definition) is 3. The lowest BCUT2D eigenvalue weighted by Gasteiger charge is -2.13. The van der Waals surface area contributed by atoms with Gasteiger partial charge in [-0.15, -0.1) is 11.3 Å². The number of aliphatic hydroxyl groups is 1. The predicted octanol–water partition coefficient (Wildman–Crippen LogP) is 1.65. The van der Waals surface area contributed by atoms with Gasteiger partial charge in [0, 0.05) is 17.5 Å². The average Bonchev–Trinajstić information content (AvgIpc) is 2.53. The molecule has 0 radical (unpaired) electrons. The molecule has 2 N–H and O–H groups in total. The maximum atomic E-state index is 9.07. The molecule has 0 amide bonds. The van der Waals surface area contributed by atoms with E-state index in [9.17, 15) is 0 Å². The van der Waals surface area contributed by atoms with Gasteiger partial charge >= 0.3 is 0 Å². The van der Waals surface area contributed by atoms with Gasteiger partial charge in [-0.05, 0) is 31.7 Å². The lowest BCUT2D eigenvalue weighted by molar-refractivity contribution is 0.187. The fourth-order valence-electron chi connectivity index (χ4n) is 1.17. The Balaban J connectivity index is 2.22. The molecule has 0 aromatic carbocycles. The standard InChI is InChI=1S/C10H17NOS/c1-8(11-7-9(2)12)6-10-4-3-5-13-10/h3-5,8-9,11-12H,6-7H2,1-2H3/t8?,9-/m1/s1. The van der Waals surface area contributed by atoms with Crippen molar-refractivity contribution in [3.63, 3.8) is 0 Å². The molecule has 0 saturated carbocycles. The Labute approximate surface area is 83.6 Å². The van der Waals surface area contributed by atoms with Gasteiger partial charge in [0.15, 0.2) is 0 Å². The van der Waals surface area contributed by atoms with E-state index in [4.69, 9.17) is 5.11 Å². The van der Waals surface area contributed by atoms with E-state index in [1.807, 2.05) is 0 Å². The quantitative estimate of drug-likeness (QED) is 0.756. The highest BCUT2D eigenvalue weighted by molar-refractivity contribution is 7.09. The molecular formula is C10H17NOS. The molecule has 1 unspecified atom stereocenters. The van der Waals surface area contributed by atoms with Crippen LogP contribution >= 0.6 is 11.3 Å². The maximum absolute atomic E-state index is 9.07. The lowest BCUT2D eigenvalue weighted by Crippen LogP contribution is -2.33. The van der Waals surface area contributed by atoms with Crippen LogP contribution in [-0.4, -0.2) is 23.8 Å². The molecule has 74 valence electrons. The zero-order valence-electron chi connectivity index (χ0n) is 8.16. The molecule has 2 nitrogen and oxygen atoms in total. The first-order valence-corrected chi connectivity index (χ1v) is 5.50. The molecule has 0 aliphatic rings. The van der Waals surface area contributed by atoms with Gasteiger partial charge in [-0.25, -0.2) is 0 Å². The van der Waals surface area contributed by atoms with Gasteiger partial charge in [-0.2, -0.15) is 0 Å². The van der Waals surface area contributed by atoms with Gasteiger partial charge in [0.05, 0.1) is 6.10 Å². The van der Waals surface area contributed by atoms with Crippen LogP contribution in [0.1, 0.15) is 18.7 Å². The molecule has 3 heteroatoms. The molecular weight excluding hydrogens is 182 g/mol. The molecule has 13 heavy (non-hydrogen) atoms. The number of hydrogen-bond donors (Lipinski definition) is 2. The lowest BCUT2D eigenvalue weighted by atomic mass is 10.2. The summed E-state index contributed by atoms with van der Waals surface area (Å²) in [5.74, 6) is 0. The minimum absolute atomic E-state index is 0.259. The highest BCUT2D eigenvalue weighted by Crippen LogP contribution is 2.10. The fraction of sp³-hybridized carbons (Fsp3) is 0.600. The second-order valence-electron chi connectivity index (χ2n) is 3.44. The van der Waals surface area contributed by atoms with Gasteiger partial charge in [0.1, 0.15) is 0 Å². The van der Waals surface area contributed by atoms with Crippen LogP contribution in [0.25, 0.3) is 0 Å². The first kappa shape index (κ1) is 10.7. The molecule has 1 heterocycles. The summed E-state index contributed by atoms with van der Waals surface area (Å²) in [5, 5.41) is 14.4. The molecule has 0 bridgehead atoms. The maximum Gasteiger partial charge on any atom is 0.0636 e. The van der Waals surface area contributed by atoms with Gasteiger partial charge in [0.25, 0.3) is 0 Å². The monoisotopic (exact) mass is 199 g/mol. The topological polar surface area (TPSA) is 32.3 Å². The highest BCUT2D eigenvalue weighted by Gasteiger charge is 2.04. The van der Waals surface area contributed by atoms with Crippen LogP contribution in [0.5, 0.6) is 0 Å². The fourth-order valence-corrected chi connectivity index (χ4v) is 2.01. The molecule has 1 aromatic heterocycles. The molecule has 0 aliphatic carbocycles. The third kappa shape index (κ3) is 4.41. The summed E-state index contributed by atoms with van der Waals surface area (Å²) in [6.45, 7) is 4.61. The minimum Gasteiger partial charge on any atom is -0.392 e. The molecule has 0 aliphatic heterocycles. The predicted molar refractivity (Wildman–Crippen MR) is 57.2 cm³/mol. The zero-order valence-corrected chi connectivity index (χ0v) is 8.97. The Bertz CT molecular complexity index is 221. The zero-order chi connectivity index (χ0) is 9.68. The number of thiophene rings is 1. The van der Waals surface area contributed by atoms with Crippen LogP contribution in [0.4, 0.5) is 0 Å². The van der Waals surface area contributed by atoms with Crippen LogP contribution in [0, 0.1) is 0 Å². The third-order valence-corrected chi connectivity index (χ3v) is 2.75. The summed E-state index contributed by atoms with van der Waals surface area (Å²) in [4.78, 5) is 1.39. The second-order valence-corrected chi connectivity index (χ2v) is 4.47. The summed E-state index contributed by atoms with van der Waals surface area (Å²) in [6.07, 6.45) is 0.787. The van der Waals surface area contributed by atoms with E-state index < -0.39 is 0 Å². The van der Waals surface area contributed by atoms with Gasteiger partial charge < -0.3 is 10.4 Å². The summed E-state index contributed by atoms with van der Waals surface area (Å²) < 4.78 is 0. The highest BCUT2D eigenvalue weighted by atomic mass is 32.1. The van der Waals surface area contributed by atoms with E-state index in [1.54, 1.807) is 18.3 Å². The van der Waals surface area contributed by atoms with Crippen molar-refractivity contribution in [3.05, 3.63) is 22.4 Å². The number of aliphatic hydroxyl groups excluding tert-OH is 1. The number of rotatable bonds is 5. The van der Waals surface area contributed by atoms with E-state index in [2.05, 4.69) is 29.8 Å². The smallest absolute Gasteiger partial charge is 0.0636 e. The number of nitrogens with one attached hydrogen (secondary N) is 1. The molecule has 0 fully saturated rings. The Kier molecular flexibility index (Phi) is 4.42. The largest absolute Gasteiger partial charge is 0.392 e. The van der Waals surface area contributed by atoms with Crippen molar-refractivity contribution in [2.45, 2.75) is 32.4 Å². The summed E-state index contributed by atoms with van der Waals surface area (Å²) in [5.41, 5.74) is 0. The van der Waals surface area contributed by atoms with E-state index in [1.165, 1.54) is 4.88 Å². The molecule has 1 rings (SSSR count). The SMILES string of the molecule is CC(Cc1cccs1)NC[C@@H](C)O. The second kappa shape index (κ2) is 5.37. The van der Waals surface area contributed by atoms with E-state index in [0.717, 1.165) is 6.42 Å². The van der Waals surface area contributed by atoms with E-state index >= 15 is 0 Å². The van der Waals surface area contributed by atoms with Gasteiger partial charge in [-0.1, -0.05) is 6.07 Å². The Morgan fingerprint density at radius 2 is 2.31 bits per heavy atom. The molecule has 0 spiro atoms. The van der Waals surface area contributed by atoms with Crippen molar-refractivity contribution in [2.75, 3.05) is 6.54 Å². The van der Waals surface area contributed by atoms with E-state index in [0.29, 0.717) is 12.6 Å². The Hall–Kier alpha value is -0.380. The molecule has 1 aromatic rings. The first-order chi connectivity index (χ1) is 6.18. The van der Waals surface area contributed by atoms with Crippen molar-refractivity contribution in [3.8, 4) is 0 Å². The minimum atomic E-state index is -0.259. The van der Waals surface area contributed by atoms with Gasteiger partial charge in [0.2, 0.25) is 0 Å². The van der Waals surface area contributed by atoms with Crippen LogP contribution in [-0.2, 0) is 6.42 Å².